The largest absolute Gasteiger partial charge is 0.271 e. The highest BCUT2D eigenvalue weighted by atomic mass is 127. The summed E-state index contributed by atoms with van der Waals surface area (Å²) in [4.78, 5) is 0. The summed E-state index contributed by atoms with van der Waals surface area (Å²) in [6, 6.07) is 19.0. The van der Waals surface area contributed by atoms with E-state index < -0.39 is 0 Å². The summed E-state index contributed by atoms with van der Waals surface area (Å²) in [5, 5.41) is 0. The van der Waals surface area contributed by atoms with Gasteiger partial charge in [-0.05, 0) is 52.3 Å². The molecule has 3 N–H and O–H groups in total. The fraction of sp³-hybridized carbons (Fsp3) is 0.143. The molecule has 1 atom stereocenters. The summed E-state index contributed by atoms with van der Waals surface area (Å²) in [6.45, 7) is 0. The zero-order chi connectivity index (χ0) is 12.1. The van der Waals surface area contributed by atoms with Gasteiger partial charge in [0.2, 0.25) is 0 Å². The van der Waals surface area contributed by atoms with Crippen LogP contribution in [0, 0.1) is 3.57 Å². The molecule has 17 heavy (non-hydrogen) atoms. The molecule has 2 aromatic rings. The molecule has 0 aliphatic carbocycles. The molecule has 2 rings (SSSR count). The van der Waals surface area contributed by atoms with Gasteiger partial charge in [-0.25, -0.2) is 0 Å². The van der Waals surface area contributed by atoms with Gasteiger partial charge in [-0.15, -0.1) is 0 Å². The molecule has 0 amide bonds. The Labute approximate surface area is 115 Å². The number of hydrogen-bond acceptors (Lipinski definition) is 2. The number of halogens is 1. The highest BCUT2D eigenvalue weighted by molar-refractivity contribution is 14.1. The first-order chi connectivity index (χ1) is 8.29. The first kappa shape index (κ1) is 12.5. The first-order valence-corrected chi connectivity index (χ1v) is 6.63. The predicted molar refractivity (Wildman–Crippen MR) is 79.4 cm³/mol. The molecule has 0 bridgehead atoms. The number of nitrogens with two attached hydrogens (primary N) is 1. The normalized spacial score (nSPS) is 12.4. The van der Waals surface area contributed by atoms with Gasteiger partial charge >= 0.3 is 0 Å². The Kier molecular flexibility index (Phi) is 4.53. The maximum absolute atomic E-state index is 5.65. The zero-order valence-corrected chi connectivity index (χ0v) is 11.6. The van der Waals surface area contributed by atoms with Gasteiger partial charge in [-0.2, -0.15) is 0 Å². The van der Waals surface area contributed by atoms with Crippen LogP contribution in [-0.4, -0.2) is 0 Å². The Morgan fingerprint density at radius 1 is 1.06 bits per heavy atom. The second-order valence-corrected chi connectivity index (χ2v) is 5.21. The minimum atomic E-state index is 0.159. The predicted octanol–water partition coefficient (Wildman–Crippen LogP) is 3.04. The molecular formula is C14H15IN2. The smallest absolute Gasteiger partial charge is 0.0500 e. The van der Waals surface area contributed by atoms with Crippen LogP contribution in [0.25, 0.3) is 0 Å². The van der Waals surface area contributed by atoms with Crippen LogP contribution >= 0.6 is 22.6 Å². The van der Waals surface area contributed by atoms with Crippen molar-refractivity contribution >= 4 is 22.6 Å². The maximum atomic E-state index is 5.65. The molecule has 0 fully saturated rings. The van der Waals surface area contributed by atoms with Crippen molar-refractivity contribution in [3.63, 3.8) is 0 Å². The van der Waals surface area contributed by atoms with Crippen LogP contribution < -0.4 is 11.3 Å². The third kappa shape index (κ3) is 3.52. The molecule has 0 heterocycles. The molecule has 0 aromatic heterocycles. The lowest BCUT2D eigenvalue weighted by Gasteiger charge is -2.16. The standard InChI is InChI=1S/C14H15IN2/c15-13-8-4-7-12(10-13)14(17-16)9-11-5-2-1-3-6-11/h1-8,10,14,17H,9,16H2. The molecule has 2 aromatic carbocycles. The Balaban J connectivity index is 2.17. The molecular weight excluding hydrogens is 323 g/mol. The van der Waals surface area contributed by atoms with Crippen molar-refractivity contribution in [3.05, 3.63) is 69.3 Å². The van der Waals surface area contributed by atoms with Crippen molar-refractivity contribution in [1.82, 2.24) is 5.43 Å². The SMILES string of the molecule is NNC(Cc1ccccc1)c1cccc(I)c1. The highest BCUT2D eigenvalue weighted by Gasteiger charge is 2.10. The van der Waals surface area contributed by atoms with E-state index in [0.29, 0.717) is 0 Å². The number of benzene rings is 2. The molecule has 0 saturated heterocycles. The van der Waals surface area contributed by atoms with Gasteiger partial charge in [-0.1, -0.05) is 42.5 Å². The third-order valence-electron chi connectivity index (χ3n) is 2.73. The van der Waals surface area contributed by atoms with Gasteiger partial charge in [0.15, 0.2) is 0 Å². The molecule has 0 aliphatic rings. The van der Waals surface area contributed by atoms with E-state index in [9.17, 15) is 0 Å². The van der Waals surface area contributed by atoms with Gasteiger partial charge in [0.25, 0.3) is 0 Å². The third-order valence-corrected chi connectivity index (χ3v) is 3.41. The van der Waals surface area contributed by atoms with E-state index in [0.717, 1.165) is 6.42 Å². The van der Waals surface area contributed by atoms with Crippen molar-refractivity contribution in [2.45, 2.75) is 12.5 Å². The van der Waals surface area contributed by atoms with E-state index in [2.05, 4.69) is 76.5 Å². The van der Waals surface area contributed by atoms with E-state index in [1.807, 2.05) is 6.07 Å². The van der Waals surface area contributed by atoms with Gasteiger partial charge in [0.1, 0.15) is 0 Å². The lowest BCUT2D eigenvalue weighted by Crippen LogP contribution is -2.29. The van der Waals surface area contributed by atoms with Crippen molar-refractivity contribution < 1.29 is 0 Å². The zero-order valence-electron chi connectivity index (χ0n) is 9.44. The van der Waals surface area contributed by atoms with Gasteiger partial charge in [0, 0.05) is 3.57 Å². The second-order valence-electron chi connectivity index (χ2n) is 3.96. The quantitative estimate of drug-likeness (QED) is 0.511. The summed E-state index contributed by atoms with van der Waals surface area (Å²) in [6.07, 6.45) is 0.900. The monoisotopic (exact) mass is 338 g/mol. The van der Waals surface area contributed by atoms with Crippen LogP contribution in [0.3, 0.4) is 0 Å². The van der Waals surface area contributed by atoms with E-state index in [-0.39, 0.29) is 6.04 Å². The Morgan fingerprint density at radius 2 is 1.82 bits per heavy atom. The second kappa shape index (κ2) is 6.14. The molecule has 0 spiro atoms. The average molecular weight is 338 g/mol. The van der Waals surface area contributed by atoms with Crippen LogP contribution in [0.1, 0.15) is 17.2 Å². The summed E-state index contributed by atoms with van der Waals surface area (Å²) in [7, 11) is 0. The number of rotatable bonds is 4. The number of hydrogen-bond donors (Lipinski definition) is 2. The topological polar surface area (TPSA) is 38.0 Å². The van der Waals surface area contributed by atoms with Crippen LogP contribution in [-0.2, 0) is 6.42 Å². The molecule has 1 unspecified atom stereocenters. The van der Waals surface area contributed by atoms with Gasteiger partial charge < -0.3 is 0 Å². The Morgan fingerprint density at radius 3 is 2.47 bits per heavy atom. The van der Waals surface area contributed by atoms with E-state index >= 15 is 0 Å². The van der Waals surface area contributed by atoms with Crippen molar-refractivity contribution in [3.8, 4) is 0 Å². The van der Waals surface area contributed by atoms with Crippen molar-refractivity contribution in [1.29, 1.82) is 0 Å². The van der Waals surface area contributed by atoms with E-state index in [1.54, 1.807) is 0 Å². The maximum Gasteiger partial charge on any atom is 0.0500 e. The molecule has 0 saturated carbocycles. The molecule has 0 radical (unpaired) electrons. The molecule has 2 nitrogen and oxygen atoms in total. The fourth-order valence-corrected chi connectivity index (χ4v) is 2.41. The fourth-order valence-electron chi connectivity index (χ4n) is 1.85. The summed E-state index contributed by atoms with van der Waals surface area (Å²) in [5.74, 6) is 5.65. The Bertz CT molecular complexity index is 471. The summed E-state index contributed by atoms with van der Waals surface area (Å²) < 4.78 is 1.23. The van der Waals surface area contributed by atoms with E-state index in [1.165, 1.54) is 14.7 Å². The Hall–Kier alpha value is -0.910. The molecule has 3 heteroatoms. The van der Waals surface area contributed by atoms with Gasteiger partial charge in [-0.3, -0.25) is 11.3 Å². The van der Waals surface area contributed by atoms with E-state index in [4.69, 9.17) is 5.84 Å². The van der Waals surface area contributed by atoms with Crippen LogP contribution in [0.2, 0.25) is 0 Å². The van der Waals surface area contributed by atoms with Crippen molar-refractivity contribution in [2.75, 3.05) is 0 Å². The van der Waals surface area contributed by atoms with Crippen LogP contribution in [0.15, 0.2) is 54.6 Å². The number of nitrogens with one attached hydrogen (secondary N) is 1. The van der Waals surface area contributed by atoms with Crippen LogP contribution in [0.5, 0.6) is 0 Å². The summed E-state index contributed by atoms with van der Waals surface area (Å²) in [5.41, 5.74) is 5.40. The minimum absolute atomic E-state index is 0.159. The number of hydrazine groups is 1. The summed E-state index contributed by atoms with van der Waals surface area (Å²) >= 11 is 2.32. The molecule has 0 aliphatic heterocycles. The van der Waals surface area contributed by atoms with Crippen molar-refractivity contribution in [2.24, 2.45) is 5.84 Å². The minimum Gasteiger partial charge on any atom is -0.271 e. The lowest BCUT2D eigenvalue weighted by molar-refractivity contribution is 0.552. The molecule has 88 valence electrons. The first-order valence-electron chi connectivity index (χ1n) is 5.55. The van der Waals surface area contributed by atoms with Gasteiger partial charge in [0.05, 0.1) is 6.04 Å². The van der Waals surface area contributed by atoms with Crippen LogP contribution in [0.4, 0.5) is 0 Å². The highest BCUT2D eigenvalue weighted by Crippen LogP contribution is 2.19. The average Bonchev–Trinajstić information content (AvgIpc) is 2.37. The lowest BCUT2D eigenvalue weighted by atomic mass is 10.00.